The molecule has 0 heterocycles. The van der Waals surface area contributed by atoms with Gasteiger partial charge in [0.1, 0.15) is 0 Å². The Morgan fingerprint density at radius 2 is 1.95 bits per heavy atom. The van der Waals surface area contributed by atoms with E-state index in [1.807, 2.05) is 51.1 Å². The summed E-state index contributed by atoms with van der Waals surface area (Å²) in [4.78, 5) is 0. The summed E-state index contributed by atoms with van der Waals surface area (Å²) in [6, 6.07) is 10.0. The minimum Gasteiger partial charge on any atom is -0.387 e. The zero-order valence-electron chi connectivity index (χ0n) is 13.6. The molecule has 0 aromatic heterocycles. The zero-order chi connectivity index (χ0) is 16.4. The van der Waals surface area contributed by atoms with E-state index in [9.17, 15) is 4.21 Å². The molecule has 0 aliphatic heterocycles. The van der Waals surface area contributed by atoms with E-state index >= 15 is 0 Å². The largest absolute Gasteiger partial charge is 0.387 e. The van der Waals surface area contributed by atoms with Gasteiger partial charge in [-0.05, 0) is 39.2 Å². The van der Waals surface area contributed by atoms with E-state index in [2.05, 4.69) is 0 Å². The summed E-state index contributed by atoms with van der Waals surface area (Å²) < 4.78 is 18.0. The third-order valence-electron chi connectivity index (χ3n) is 4.23. The highest BCUT2D eigenvalue weighted by molar-refractivity contribution is 7.86. The number of hydrogen-bond donors (Lipinski definition) is 2. The molecule has 5 heteroatoms. The lowest BCUT2D eigenvalue weighted by atomic mass is 9.67. The first kappa shape index (κ1) is 17.2. The maximum Gasteiger partial charge on any atom is 0.0980 e. The number of amidine groups is 1. The summed E-state index contributed by atoms with van der Waals surface area (Å²) >= 11 is 0. The van der Waals surface area contributed by atoms with Crippen LogP contribution in [0, 0.1) is 10.8 Å². The first-order valence-corrected chi connectivity index (χ1v) is 8.93. The lowest BCUT2D eigenvalue weighted by molar-refractivity contribution is -0.0539. The van der Waals surface area contributed by atoms with Gasteiger partial charge >= 0.3 is 0 Å². The second kappa shape index (κ2) is 6.50. The molecule has 0 amide bonds. The summed E-state index contributed by atoms with van der Waals surface area (Å²) in [5, 5.41) is 7.87. The predicted octanol–water partition coefficient (Wildman–Crippen LogP) is 2.84. The van der Waals surface area contributed by atoms with Gasteiger partial charge in [0.25, 0.3) is 0 Å². The Morgan fingerprint density at radius 1 is 1.36 bits per heavy atom. The third-order valence-corrected chi connectivity index (χ3v) is 6.41. The Balaban J connectivity index is 1.89. The third kappa shape index (κ3) is 3.96. The topological polar surface area (TPSA) is 76.2 Å². The predicted molar refractivity (Wildman–Crippen MR) is 91.4 cm³/mol. The van der Waals surface area contributed by atoms with Gasteiger partial charge in [-0.25, -0.2) is 0 Å². The molecule has 0 bridgehead atoms. The molecular formula is C17H26N2O2S. The average Bonchev–Trinajstić information content (AvgIpc) is 2.40. The normalized spacial score (nSPS) is 26.2. The summed E-state index contributed by atoms with van der Waals surface area (Å²) in [6.07, 6.45) is 1.48. The van der Waals surface area contributed by atoms with Crippen molar-refractivity contribution < 1.29 is 8.95 Å². The second-order valence-corrected chi connectivity index (χ2v) is 9.33. The van der Waals surface area contributed by atoms with Crippen LogP contribution in [0.4, 0.5) is 0 Å². The van der Waals surface area contributed by atoms with Gasteiger partial charge in [-0.2, -0.15) is 0 Å². The first-order chi connectivity index (χ1) is 10.2. The fourth-order valence-corrected chi connectivity index (χ4v) is 3.93. The molecule has 1 saturated carbocycles. The molecule has 0 spiro atoms. The Morgan fingerprint density at radius 3 is 2.45 bits per heavy atom. The number of rotatable bonds is 6. The Hall–Kier alpha value is -1.20. The molecule has 1 aromatic carbocycles. The molecule has 1 aliphatic rings. The van der Waals surface area contributed by atoms with Crippen LogP contribution in [-0.4, -0.2) is 26.6 Å². The molecule has 4 nitrogen and oxygen atoms in total. The van der Waals surface area contributed by atoms with E-state index in [0.29, 0.717) is 25.2 Å². The van der Waals surface area contributed by atoms with Crippen LogP contribution >= 0.6 is 0 Å². The highest BCUT2D eigenvalue weighted by atomic mass is 32.2. The maximum atomic E-state index is 12.4. The van der Waals surface area contributed by atoms with Crippen molar-refractivity contribution in [2.75, 3.05) is 5.75 Å². The first-order valence-electron chi connectivity index (χ1n) is 7.61. The van der Waals surface area contributed by atoms with Gasteiger partial charge in [-0.15, -0.1) is 0 Å². The number of hydrogen-bond acceptors (Lipinski definition) is 3. The summed E-state index contributed by atoms with van der Waals surface area (Å²) in [5.74, 6) is 0.599. The molecule has 3 N–H and O–H groups in total. The van der Waals surface area contributed by atoms with Gasteiger partial charge in [0, 0.05) is 26.7 Å². The van der Waals surface area contributed by atoms with Crippen molar-refractivity contribution in [3.8, 4) is 0 Å². The number of nitrogens with two attached hydrogens (primary N) is 1. The summed E-state index contributed by atoms with van der Waals surface area (Å²) in [5.41, 5.74) is 6.48. The van der Waals surface area contributed by atoms with Crippen LogP contribution in [0.2, 0.25) is 0 Å². The molecule has 1 unspecified atom stereocenters. The quantitative estimate of drug-likeness (QED) is 0.624. The molecule has 0 saturated heterocycles. The summed E-state index contributed by atoms with van der Waals surface area (Å²) in [7, 11) is -1.01. The van der Waals surface area contributed by atoms with Gasteiger partial charge in [0.15, 0.2) is 0 Å². The van der Waals surface area contributed by atoms with Crippen molar-refractivity contribution in [1.29, 1.82) is 5.41 Å². The fourth-order valence-electron chi connectivity index (χ4n) is 2.60. The smallest absolute Gasteiger partial charge is 0.0980 e. The number of benzene rings is 1. The highest BCUT2D eigenvalue weighted by Gasteiger charge is 2.49. The zero-order valence-corrected chi connectivity index (χ0v) is 14.4. The lowest BCUT2D eigenvalue weighted by Crippen LogP contribution is -2.55. The Bertz CT molecular complexity index is 546. The van der Waals surface area contributed by atoms with Crippen LogP contribution in [0.3, 0.4) is 0 Å². The van der Waals surface area contributed by atoms with Crippen molar-refractivity contribution in [2.24, 2.45) is 11.1 Å². The van der Waals surface area contributed by atoms with Crippen LogP contribution in [0.25, 0.3) is 0 Å². The molecule has 1 aliphatic carbocycles. The minimum absolute atomic E-state index is 0.0982. The van der Waals surface area contributed by atoms with E-state index in [4.69, 9.17) is 15.9 Å². The SMILES string of the molecule is CC(C)(C)S(=O)CC1(C(=N)N)CC(OCc2ccccc2)C1. The minimum atomic E-state index is -1.01. The second-order valence-electron chi connectivity index (χ2n) is 7.12. The fraction of sp³-hybridized carbons (Fsp3) is 0.588. The van der Waals surface area contributed by atoms with E-state index in [1.54, 1.807) is 0 Å². The van der Waals surface area contributed by atoms with Crippen molar-refractivity contribution in [3.05, 3.63) is 35.9 Å². The molecular weight excluding hydrogens is 296 g/mol. The van der Waals surface area contributed by atoms with E-state index in [0.717, 1.165) is 5.56 Å². The number of ether oxygens (including phenoxy) is 1. The molecule has 1 aromatic rings. The van der Waals surface area contributed by atoms with Crippen molar-refractivity contribution >= 4 is 16.6 Å². The average molecular weight is 322 g/mol. The molecule has 1 fully saturated rings. The van der Waals surface area contributed by atoms with Crippen molar-refractivity contribution in [2.45, 2.75) is 51.1 Å². The highest BCUT2D eigenvalue weighted by Crippen LogP contribution is 2.44. The van der Waals surface area contributed by atoms with Crippen LogP contribution in [0.1, 0.15) is 39.2 Å². The molecule has 2 rings (SSSR count). The van der Waals surface area contributed by atoms with Gasteiger partial charge < -0.3 is 10.5 Å². The van der Waals surface area contributed by atoms with Crippen LogP contribution in [0.5, 0.6) is 0 Å². The standard InChI is InChI=1S/C17H26N2O2S/c1-16(2,3)22(20)12-17(15(18)19)9-14(10-17)21-11-13-7-5-4-6-8-13/h4-8,14H,9-12H2,1-3H3,(H3,18,19). The van der Waals surface area contributed by atoms with E-state index < -0.39 is 16.2 Å². The molecule has 0 radical (unpaired) electrons. The van der Waals surface area contributed by atoms with E-state index in [-0.39, 0.29) is 16.7 Å². The van der Waals surface area contributed by atoms with E-state index in [1.165, 1.54) is 0 Å². The van der Waals surface area contributed by atoms with Crippen molar-refractivity contribution in [3.63, 3.8) is 0 Å². The number of nitrogens with one attached hydrogen (secondary N) is 1. The van der Waals surface area contributed by atoms with Gasteiger partial charge in [-0.3, -0.25) is 9.62 Å². The molecule has 1 atom stereocenters. The summed E-state index contributed by atoms with van der Waals surface area (Å²) in [6.45, 7) is 6.44. The van der Waals surface area contributed by atoms with Gasteiger partial charge in [-0.1, -0.05) is 30.3 Å². The van der Waals surface area contributed by atoms with Crippen LogP contribution in [0.15, 0.2) is 30.3 Å². The van der Waals surface area contributed by atoms with Gasteiger partial charge in [0.2, 0.25) is 0 Å². The van der Waals surface area contributed by atoms with Crippen LogP contribution < -0.4 is 5.73 Å². The van der Waals surface area contributed by atoms with Gasteiger partial charge in [0.05, 0.1) is 18.5 Å². The van der Waals surface area contributed by atoms with Crippen LogP contribution in [-0.2, 0) is 22.1 Å². The lowest BCUT2D eigenvalue weighted by Gasteiger charge is -2.47. The Labute approximate surface area is 135 Å². The van der Waals surface area contributed by atoms with Crippen molar-refractivity contribution in [1.82, 2.24) is 0 Å². The monoisotopic (exact) mass is 322 g/mol. The Kier molecular flexibility index (Phi) is 5.07. The molecule has 22 heavy (non-hydrogen) atoms. The maximum absolute atomic E-state index is 12.4. The molecule has 122 valence electrons.